The number of allylic oxidation sites excluding steroid dienone is 9. The van der Waals surface area contributed by atoms with Gasteiger partial charge in [0, 0.05) is 17.3 Å². The van der Waals surface area contributed by atoms with Gasteiger partial charge in [-0.15, -0.1) is 0 Å². The molecule has 0 bridgehead atoms. The summed E-state index contributed by atoms with van der Waals surface area (Å²) >= 11 is 0. The molecule has 2 rings (SSSR count). The average molecular weight is 428 g/mol. The number of hydrogen-bond donors (Lipinski definition) is 3. The lowest BCUT2D eigenvalue weighted by molar-refractivity contribution is 0.957. The fourth-order valence-corrected chi connectivity index (χ4v) is 3.59. The molecule has 0 fully saturated rings. The van der Waals surface area contributed by atoms with E-state index < -0.39 is 0 Å². The van der Waals surface area contributed by atoms with Gasteiger partial charge in [-0.05, 0) is 79.3 Å². The Morgan fingerprint density at radius 3 is 2.59 bits per heavy atom. The number of hydrogen-bond acceptors (Lipinski definition) is 3. The molecule has 1 atom stereocenters. The lowest BCUT2D eigenvalue weighted by Gasteiger charge is -2.15. The molecule has 2 aromatic carbocycles. The molecular formula is C29H37N3. The van der Waals surface area contributed by atoms with Gasteiger partial charge in [0.1, 0.15) is 5.82 Å². The SMILES string of the molecule is C\C=C/C(/C=C\C=C(/N)Nc1ccccc1C(C)/C=C\CC)=C(\C)c1cc(N)ccc1C. The Bertz CT molecular complexity index is 1050. The summed E-state index contributed by atoms with van der Waals surface area (Å²) in [6, 6.07) is 14.3. The van der Waals surface area contributed by atoms with Gasteiger partial charge in [-0.25, -0.2) is 0 Å². The average Bonchev–Trinajstić information content (AvgIpc) is 2.78. The van der Waals surface area contributed by atoms with Gasteiger partial charge < -0.3 is 16.8 Å². The van der Waals surface area contributed by atoms with E-state index in [4.69, 9.17) is 11.5 Å². The Hall–Kier alpha value is -3.46. The highest BCUT2D eigenvalue weighted by Crippen LogP contribution is 2.27. The minimum Gasteiger partial charge on any atom is -0.399 e. The molecule has 0 aliphatic heterocycles. The fraction of sp³-hybridized carbons (Fsp3) is 0.241. The number of benzene rings is 2. The third-order valence-corrected chi connectivity index (χ3v) is 5.39. The van der Waals surface area contributed by atoms with E-state index in [0.717, 1.165) is 28.9 Å². The van der Waals surface area contributed by atoms with Crippen LogP contribution < -0.4 is 16.8 Å². The van der Waals surface area contributed by atoms with Crippen molar-refractivity contribution in [3.8, 4) is 0 Å². The van der Waals surface area contributed by atoms with E-state index >= 15 is 0 Å². The van der Waals surface area contributed by atoms with E-state index in [1.165, 1.54) is 16.7 Å². The van der Waals surface area contributed by atoms with Crippen LogP contribution in [0.3, 0.4) is 0 Å². The van der Waals surface area contributed by atoms with Gasteiger partial charge >= 0.3 is 0 Å². The molecule has 5 N–H and O–H groups in total. The zero-order valence-electron chi connectivity index (χ0n) is 20.0. The molecule has 32 heavy (non-hydrogen) atoms. The molecule has 0 aromatic heterocycles. The molecule has 0 saturated carbocycles. The summed E-state index contributed by atoms with van der Waals surface area (Å²) in [4.78, 5) is 0. The highest BCUT2D eigenvalue weighted by Gasteiger charge is 2.08. The number of anilines is 2. The van der Waals surface area contributed by atoms with Crippen LogP contribution in [-0.2, 0) is 0 Å². The van der Waals surface area contributed by atoms with E-state index in [1.54, 1.807) is 0 Å². The van der Waals surface area contributed by atoms with Gasteiger partial charge in [0.05, 0.1) is 0 Å². The van der Waals surface area contributed by atoms with Crippen LogP contribution in [0.15, 0.2) is 96.4 Å². The van der Waals surface area contributed by atoms with Gasteiger partial charge in [0.2, 0.25) is 0 Å². The molecular weight excluding hydrogens is 390 g/mol. The number of rotatable bonds is 9. The second-order valence-electron chi connectivity index (χ2n) is 7.97. The van der Waals surface area contributed by atoms with Gasteiger partial charge in [0.15, 0.2) is 0 Å². The molecule has 0 amide bonds. The predicted octanol–water partition coefficient (Wildman–Crippen LogP) is 7.46. The maximum Gasteiger partial charge on any atom is 0.100 e. The summed E-state index contributed by atoms with van der Waals surface area (Å²) in [7, 11) is 0. The van der Waals surface area contributed by atoms with Crippen LogP contribution in [0.25, 0.3) is 5.57 Å². The van der Waals surface area contributed by atoms with Crippen LogP contribution in [0.5, 0.6) is 0 Å². The van der Waals surface area contributed by atoms with E-state index in [1.807, 2.05) is 43.4 Å². The second kappa shape index (κ2) is 12.4. The standard InChI is InChI=1S/C29H37N3/c1-6-8-13-21(3)26-15-9-10-16-28(26)32-29(31)17-11-14-24(12-7-2)23(5)27-20-25(30)19-18-22(27)4/h7-21,32H,6,30-31H2,1-5H3/b12-7-,13-8-,14-11-,24-23-,29-17+. The summed E-state index contributed by atoms with van der Waals surface area (Å²) in [5.41, 5.74) is 20.0. The Kier molecular flexibility index (Phi) is 9.62. The zero-order valence-corrected chi connectivity index (χ0v) is 20.0. The van der Waals surface area contributed by atoms with Crippen LogP contribution in [-0.4, -0.2) is 0 Å². The summed E-state index contributed by atoms with van der Waals surface area (Å²) in [5.74, 6) is 0.911. The molecule has 1 unspecified atom stereocenters. The monoisotopic (exact) mass is 427 g/mol. The molecule has 0 aliphatic rings. The molecule has 3 heteroatoms. The van der Waals surface area contributed by atoms with E-state index in [-0.39, 0.29) is 0 Å². The summed E-state index contributed by atoms with van der Waals surface area (Å²) < 4.78 is 0. The number of aryl methyl sites for hydroxylation is 1. The summed E-state index contributed by atoms with van der Waals surface area (Å²) in [6.45, 7) is 10.6. The van der Waals surface area contributed by atoms with E-state index in [2.05, 4.69) is 81.6 Å². The predicted molar refractivity (Wildman–Crippen MR) is 142 cm³/mol. The van der Waals surface area contributed by atoms with Gasteiger partial charge in [0.25, 0.3) is 0 Å². The van der Waals surface area contributed by atoms with Gasteiger partial charge in [-0.3, -0.25) is 0 Å². The molecule has 0 aliphatic carbocycles. The molecule has 0 radical (unpaired) electrons. The Balaban J connectivity index is 2.27. The van der Waals surface area contributed by atoms with Crippen molar-refractivity contribution in [1.29, 1.82) is 0 Å². The third kappa shape index (κ3) is 7.05. The van der Waals surface area contributed by atoms with Crippen molar-refractivity contribution in [1.82, 2.24) is 0 Å². The quantitative estimate of drug-likeness (QED) is 0.221. The first-order valence-electron chi connectivity index (χ1n) is 11.2. The lowest BCUT2D eigenvalue weighted by Crippen LogP contribution is -2.10. The zero-order chi connectivity index (χ0) is 23.5. The minimum atomic E-state index is 0.315. The molecule has 3 nitrogen and oxygen atoms in total. The molecule has 2 aromatic rings. The topological polar surface area (TPSA) is 64.1 Å². The maximum absolute atomic E-state index is 6.30. The van der Waals surface area contributed by atoms with Crippen molar-refractivity contribution in [2.45, 2.75) is 47.0 Å². The number of para-hydroxylation sites is 1. The molecule has 0 heterocycles. The normalized spacial score (nSPS) is 14.3. The first-order valence-corrected chi connectivity index (χ1v) is 11.2. The van der Waals surface area contributed by atoms with Gasteiger partial charge in [-0.1, -0.05) is 74.6 Å². The smallest absolute Gasteiger partial charge is 0.100 e. The van der Waals surface area contributed by atoms with Crippen LogP contribution in [0.1, 0.15) is 56.7 Å². The van der Waals surface area contributed by atoms with Crippen LogP contribution in [0.4, 0.5) is 11.4 Å². The van der Waals surface area contributed by atoms with Crippen molar-refractivity contribution in [3.05, 3.63) is 113 Å². The fourth-order valence-electron chi connectivity index (χ4n) is 3.59. The maximum atomic E-state index is 6.30. The number of nitrogen functional groups attached to an aromatic ring is 1. The number of nitrogens with two attached hydrogens (primary N) is 2. The Labute approximate surface area is 193 Å². The molecule has 168 valence electrons. The van der Waals surface area contributed by atoms with Crippen molar-refractivity contribution in [2.75, 3.05) is 11.1 Å². The lowest BCUT2D eigenvalue weighted by atomic mass is 9.96. The minimum absolute atomic E-state index is 0.315. The van der Waals surface area contributed by atoms with Crippen LogP contribution >= 0.6 is 0 Å². The highest BCUT2D eigenvalue weighted by molar-refractivity contribution is 5.75. The highest BCUT2D eigenvalue weighted by atomic mass is 15.0. The van der Waals surface area contributed by atoms with Crippen molar-refractivity contribution in [2.24, 2.45) is 5.73 Å². The summed E-state index contributed by atoms with van der Waals surface area (Å²) in [6.07, 6.45) is 15.5. The van der Waals surface area contributed by atoms with Gasteiger partial charge in [-0.2, -0.15) is 0 Å². The largest absolute Gasteiger partial charge is 0.399 e. The van der Waals surface area contributed by atoms with Crippen molar-refractivity contribution in [3.63, 3.8) is 0 Å². The molecule has 0 spiro atoms. The van der Waals surface area contributed by atoms with Crippen LogP contribution in [0, 0.1) is 6.92 Å². The van der Waals surface area contributed by atoms with E-state index in [0.29, 0.717) is 11.7 Å². The Morgan fingerprint density at radius 1 is 1.12 bits per heavy atom. The first-order chi connectivity index (χ1) is 15.4. The van der Waals surface area contributed by atoms with Crippen molar-refractivity contribution < 1.29 is 0 Å². The van der Waals surface area contributed by atoms with Crippen molar-refractivity contribution >= 4 is 16.9 Å². The first kappa shape index (κ1) is 24.8. The Morgan fingerprint density at radius 2 is 1.88 bits per heavy atom. The number of nitrogens with one attached hydrogen (secondary N) is 1. The third-order valence-electron chi connectivity index (χ3n) is 5.39. The van der Waals surface area contributed by atoms with Crippen LogP contribution in [0.2, 0.25) is 0 Å². The molecule has 0 saturated heterocycles. The second-order valence-corrected chi connectivity index (χ2v) is 7.97. The van der Waals surface area contributed by atoms with E-state index in [9.17, 15) is 0 Å². The summed E-state index contributed by atoms with van der Waals surface area (Å²) in [5, 5.41) is 3.35.